The first kappa shape index (κ1) is 14.5. The van der Waals surface area contributed by atoms with Gasteiger partial charge in [0.05, 0.1) is 18.8 Å². The van der Waals surface area contributed by atoms with E-state index in [1.165, 1.54) is 11.1 Å². The Labute approximate surface area is 135 Å². The molecule has 1 fully saturated rings. The van der Waals surface area contributed by atoms with Crippen molar-refractivity contribution >= 4 is 5.91 Å². The Morgan fingerprint density at radius 1 is 1.35 bits per heavy atom. The van der Waals surface area contributed by atoms with Crippen molar-refractivity contribution < 1.29 is 9.53 Å². The smallest absolute Gasteiger partial charge is 0.223 e. The van der Waals surface area contributed by atoms with Crippen LogP contribution in [0.3, 0.4) is 0 Å². The van der Waals surface area contributed by atoms with E-state index in [1.54, 1.807) is 4.68 Å². The summed E-state index contributed by atoms with van der Waals surface area (Å²) in [5.74, 6) is 0.195. The van der Waals surface area contributed by atoms with Crippen LogP contribution in [0.15, 0.2) is 36.5 Å². The van der Waals surface area contributed by atoms with E-state index < -0.39 is 0 Å². The van der Waals surface area contributed by atoms with Gasteiger partial charge in [-0.05, 0) is 23.6 Å². The summed E-state index contributed by atoms with van der Waals surface area (Å²) in [6.07, 6.45) is 4.00. The van der Waals surface area contributed by atoms with Gasteiger partial charge in [0.25, 0.3) is 0 Å². The third kappa shape index (κ3) is 2.55. The standard InChI is InChI=1S/C18H21N3O2/c1-20-10-8-15(19-20)6-7-17(22)21-11-9-18(13-21)16-5-3-2-4-14(16)12-23-18/h2-5,8,10H,6-7,9,11-13H2,1H3. The van der Waals surface area contributed by atoms with Crippen molar-refractivity contribution in [2.75, 3.05) is 13.1 Å². The lowest BCUT2D eigenvalue weighted by Gasteiger charge is -2.24. The first-order chi connectivity index (χ1) is 11.2. The molecule has 2 aromatic rings. The van der Waals surface area contributed by atoms with Gasteiger partial charge in [0.15, 0.2) is 0 Å². The third-order valence-corrected chi connectivity index (χ3v) is 4.96. The average molecular weight is 311 g/mol. The zero-order valence-corrected chi connectivity index (χ0v) is 13.4. The summed E-state index contributed by atoms with van der Waals surface area (Å²) < 4.78 is 7.88. The van der Waals surface area contributed by atoms with Gasteiger partial charge in [0.1, 0.15) is 5.60 Å². The van der Waals surface area contributed by atoms with Crippen molar-refractivity contribution in [2.45, 2.75) is 31.5 Å². The fourth-order valence-electron chi connectivity index (χ4n) is 3.71. The minimum absolute atomic E-state index is 0.195. The van der Waals surface area contributed by atoms with Gasteiger partial charge in [0, 0.05) is 32.6 Å². The molecule has 1 aromatic carbocycles. The summed E-state index contributed by atoms with van der Waals surface area (Å²) >= 11 is 0. The Bertz CT molecular complexity index is 739. The molecule has 0 aliphatic carbocycles. The molecule has 1 atom stereocenters. The molecule has 23 heavy (non-hydrogen) atoms. The molecular weight excluding hydrogens is 290 g/mol. The van der Waals surface area contributed by atoms with Gasteiger partial charge in [0.2, 0.25) is 5.91 Å². The lowest BCUT2D eigenvalue weighted by Crippen LogP contribution is -2.34. The molecular formula is C18H21N3O2. The Kier molecular flexibility index (Phi) is 3.45. The molecule has 1 amide bonds. The second-order valence-corrected chi connectivity index (χ2v) is 6.49. The fraction of sp³-hybridized carbons (Fsp3) is 0.444. The normalized spacial score (nSPS) is 22.7. The fourth-order valence-corrected chi connectivity index (χ4v) is 3.71. The van der Waals surface area contributed by atoms with Crippen LogP contribution >= 0.6 is 0 Å². The van der Waals surface area contributed by atoms with Gasteiger partial charge in [-0.3, -0.25) is 9.48 Å². The quantitative estimate of drug-likeness (QED) is 0.871. The molecule has 0 bridgehead atoms. The number of ether oxygens (including phenoxy) is 1. The maximum atomic E-state index is 12.5. The van der Waals surface area contributed by atoms with Crippen molar-refractivity contribution in [2.24, 2.45) is 7.05 Å². The number of carbonyl (C=O) groups excluding carboxylic acids is 1. The molecule has 2 aliphatic heterocycles. The maximum absolute atomic E-state index is 12.5. The van der Waals surface area contributed by atoms with Crippen molar-refractivity contribution in [3.8, 4) is 0 Å². The Hall–Kier alpha value is -2.14. The highest BCUT2D eigenvalue weighted by atomic mass is 16.5. The SMILES string of the molecule is Cn1ccc(CCC(=O)N2CCC3(C2)OCc2ccccc23)n1. The largest absolute Gasteiger partial charge is 0.364 e. The molecule has 4 rings (SSSR count). The van der Waals surface area contributed by atoms with Crippen LogP contribution in [0.25, 0.3) is 0 Å². The molecule has 3 heterocycles. The Balaban J connectivity index is 1.41. The zero-order valence-electron chi connectivity index (χ0n) is 13.4. The number of likely N-dealkylation sites (tertiary alicyclic amines) is 1. The Morgan fingerprint density at radius 2 is 2.22 bits per heavy atom. The highest BCUT2D eigenvalue weighted by Gasteiger charge is 2.46. The van der Waals surface area contributed by atoms with Crippen molar-refractivity contribution in [3.05, 3.63) is 53.3 Å². The number of rotatable bonds is 3. The van der Waals surface area contributed by atoms with Gasteiger partial charge in [-0.15, -0.1) is 0 Å². The molecule has 1 spiro atoms. The van der Waals surface area contributed by atoms with Gasteiger partial charge in [-0.25, -0.2) is 0 Å². The molecule has 1 aromatic heterocycles. The summed E-state index contributed by atoms with van der Waals surface area (Å²) in [4.78, 5) is 14.5. The number of aryl methyl sites for hydroxylation is 2. The molecule has 2 aliphatic rings. The van der Waals surface area contributed by atoms with Crippen LogP contribution in [0.5, 0.6) is 0 Å². The van der Waals surface area contributed by atoms with E-state index in [0.717, 1.165) is 18.7 Å². The van der Waals surface area contributed by atoms with Crippen molar-refractivity contribution in [1.29, 1.82) is 0 Å². The number of amides is 1. The van der Waals surface area contributed by atoms with Crippen LogP contribution in [0, 0.1) is 0 Å². The second kappa shape index (κ2) is 5.49. The summed E-state index contributed by atoms with van der Waals surface area (Å²) in [5.41, 5.74) is 3.21. The molecule has 0 radical (unpaired) electrons. The molecule has 1 unspecified atom stereocenters. The number of carbonyl (C=O) groups is 1. The van der Waals surface area contributed by atoms with E-state index in [4.69, 9.17) is 4.74 Å². The van der Waals surface area contributed by atoms with E-state index in [1.807, 2.05) is 30.3 Å². The van der Waals surface area contributed by atoms with E-state index in [0.29, 0.717) is 26.0 Å². The highest BCUT2D eigenvalue weighted by Crippen LogP contribution is 2.43. The van der Waals surface area contributed by atoms with E-state index in [-0.39, 0.29) is 11.5 Å². The lowest BCUT2D eigenvalue weighted by molar-refractivity contribution is -0.131. The van der Waals surface area contributed by atoms with Gasteiger partial charge in [-0.2, -0.15) is 5.10 Å². The van der Waals surface area contributed by atoms with Crippen molar-refractivity contribution in [1.82, 2.24) is 14.7 Å². The average Bonchev–Trinajstić information content (AvgIpc) is 3.27. The number of aromatic nitrogens is 2. The van der Waals surface area contributed by atoms with Crippen molar-refractivity contribution in [3.63, 3.8) is 0 Å². The van der Waals surface area contributed by atoms with E-state index >= 15 is 0 Å². The van der Waals surface area contributed by atoms with Crippen LogP contribution < -0.4 is 0 Å². The number of benzene rings is 1. The first-order valence-corrected chi connectivity index (χ1v) is 8.15. The topological polar surface area (TPSA) is 47.4 Å². The second-order valence-electron chi connectivity index (χ2n) is 6.49. The third-order valence-electron chi connectivity index (χ3n) is 4.96. The van der Waals surface area contributed by atoms with Gasteiger partial charge in [-0.1, -0.05) is 24.3 Å². The zero-order chi connectivity index (χ0) is 15.9. The minimum atomic E-state index is -0.281. The number of hydrogen-bond acceptors (Lipinski definition) is 3. The molecule has 1 saturated heterocycles. The predicted molar refractivity (Wildman–Crippen MR) is 85.6 cm³/mol. The highest BCUT2D eigenvalue weighted by molar-refractivity contribution is 5.77. The molecule has 0 N–H and O–H groups in total. The summed E-state index contributed by atoms with van der Waals surface area (Å²) in [5, 5.41) is 4.33. The lowest BCUT2D eigenvalue weighted by atomic mass is 9.92. The van der Waals surface area contributed by atoms with Gasteiger partial charge >= 0.3 is 0 Å². The molecule has 0 saturated carbocycles. The molecule has 5 heteroatoms. The van der Waals surface area contributed by atoms with Crippen LogP contribution in [0.1, 0.15) is 29.7 Å². The monoisotopic (exact) mass is 311 g/mol. The number of fused-ring (bicyclic) bond motifs is 2. The first-order valence-electron chi connectivity index (χ1n) is 8.15. The van der Waals surface area contributed by atoms with Crippen LogP contribution in [0.2, 0.25) is 0 Å². The Morgan fingerprint density at radius 3 is 3.04 bits per heavy atom. The van der Waals surface area contributed by atoms with Crippen LogP contribution in [0.4, 0.5) is 0 Å². The van der Waals surface area contributed by atoms with Crippen LogP contribution in [-0.2, 0) is 35.2 Å². The number of hydrogen-bond donors (Lipinski definition) is 0. The summed E-state index contributed by atoms with van der Waals surface area (Å²) in [6, 6.07) is 10.3. The summed E-state index contributed by atoms with van der Waals surface area (Å²) in [7, 11) is 1.89. The number of nitrogens with zero attached hydrogens (tertiary/aromatic N) is 3. The van der Waals surface area contributed by atoms with Gasteiger partial charge < -0.3 is 9.64 Å². The minimum Gasteiger partial charge on any atom is -0.364 e. The van der Waals surface area contributed by atoms with Crippen LogP contribution in [-0.4, -0.2) is 33.7 Å². The molecule has 5 nitrogen and oxygen atoms in total. The molecule has 120 valence electrons. The summed E-state index contributed by atoms with van der Waals surface area (Å²) in [6.45, 7) is 2.10. The maximum Gasteiger partial charge on any atom is 0.223 e. The van der Waals surface area contributed by atoms with E-state index in [9.17, 15) is 4.79 Å². The predicted octanol–water partition coefficient (Wildman–Crippen LogP) is 2.01. The van der Waals surface area contributed by atoms with E-state index in [2.05, 4.69) is 23.3 Å².